The zero-order valence-corrected chi connectivity index (χ0v) is 11.4. The van der Waals surface area contributed by atoms with Gasteiger partial charge in [0.25, 0.3) is 0 Å². The summed E-state index contributed by atoms with van der Waals surface area (Å²) in [5.74, 6) is -2.18. The number of hydrogen-bond donors (Lipinski definition) is 2. The zero-order valence-electron chi connectivity index (χ0n) is 11.4. The number of benzene rings is 1. The van der Waals surface area contributed by atoms with Crippen LogP contribution in [-0.2, 0) is 11.2 Å². The normalized spacial score (nSPS) is 19.6. The molecule has 1 heterocycles. The van der Waals surface area contributed by atoms with Crippen molar-refractivity contribution in [2.24, 2.45) is 10.9 Å². The number of piperidine rings is 1. The van der Waals surface area contributed by atoms with E-state index in [1.165, 1.54) is 11.0 Å². The smallest absolute Gasteiger partial charge is 0.227 e. The Labute approximate surface area is 121 Å². The third kappa shape index (κ3) is 3.48. The molecule has 5 nitrogen and oxygen atoms in total. The largest absolute Gasteiger partial charge is 0.409 e. The molecule has 0 saturated carbocycles. The molecule has 1 aromatic carbocycles. The highest BCUT2D eigenvalue weighted by molar-refractivity contribution is 5.90. The van der Waals surface area contributed by atoms with E-state index in [2.05, 4.69) is 5.16 Å². The Kier molecular flexibility index (Phi) is 4.72. The summed E-state index contributed by atoms with van der Waals surface area (Å²) < 4.78 is 26.0. The van der Waals surface area contributed by atoms with Crippen LogP contribution in [0, 0.1) is 11.6 Å². The van der Waals surface area contributed by atoms with Crippen molar-refractivity contribution in [3.8, 4) is 0 Å². The van der Waals surface area contributed by atoms with E-state index in [-0.39, 0.29) is 18.2 Å². The number of halogens is 2. The summed E-state index contributed by atoms with van der Waals surface area (Å²) in [5, 5.41) is 11.7. The maximum atomic E-state index is 13.2. The molecule has 3 N–H and O–H groups in total. The molecule has 1 atom stereocenters. The molecule has 114 valence electrons. The molecular weight excluding hydrogens is 280 g/mol. The van der Waals surface area contributed by atoms with E-state index in [1.54, 1.807) is 0 Å². The van der Waals surface area contributed by atoms with E-state index in [0.29, 0.717) is 18.5 Å². The van der Waals surface area contributed by atoms with E-state index >= 15 is 0 Å². The van der Waals surface area contributed by atoms with E-state index in [4.69, 9.17) is 10.9 Å². The van der Waals surface area contributed by atoms with Gasteiger partial charge < -0.3 is 15.8 Å². The van der Waals surface area contributed by atoms with Gasteiger partial charge in [0, 0.05) is 6.54 Å². The zero-order chi connectivity index (χ0) is 15.4. The fourth-order valence-corrected chi connectivity index (χ4v) is 2.53. The van der Waals surface area contributed by atoms with Crippen molar-refractivity contribution in [3.05, 3.63) is 35.4 Å². The predicted molar refractivity (Wildman–Crippen MR) is 72.8 cm³/mol. The lowest BCUT2D eigenvalue weighted by Gasteiger charge is -2.34. The third-order valence-electron chi connectivity index (χ3n) is 3.62. The van der Waals surface area contributed by atoms with Gasteiger partial charge in [-0.1, -0.05) is 11.2 Å². The van der Waals surface area contributed by atoms with Crippen LogP contribution in [0.1, 0.15) is 24.8 Å². The lowest BCUT2D eigenvalue weighted by Crippen LogP contribution is -2.51. The van der Waals surface area contributed by atoms with Crippen molar-refractivity contribution >= 4 is 11.7 Å². The average molecular weight is 297 g/mol. The number of amides is 1. The van der Waals surface area contributed by atoms with Gasteiger partial charge >= 0.3 is 0 Å². The second-order valence-corrected chi connectivity index (χ2v) is 5.05. The maximum Gasteiger partial charge on any atom is 0.227 e. The Morgan fingerprint density at radius 3 is 2.81 bits per heavy atom. The average Bonchev–Trinajstić information content (AvgIpc) is 2.50. The van der Waals surface area contributed by atoms with Crippen molar-refractivity contribution < 1.29 is 18.8 Å². The van der Waals surface area contributed by atoms with Crippen molar-refractivity contribution in [1.29, 1.82) is 0 Å². The lowest BCUT2D eigenvalue weighted by molar-refractivity contribution is -0.132. The topological polar surface area (TPSA) is 78.9 Å². The van der Waals surface area contributed by atoms with E-state index in [0.717, 1.165) is 25.0 Å². The summed E-state index contributed by atoms with van der Waals surface area (Å²) in [6, 6.07) is 2.94. The van der Waals surface area contributed by atoms with E-state index < -0.39 is 17.7 Å². The number of nitrogens with two attached hydrogens (primary N) is 1. The molecule has 1 unspecified atom stereocenters. The SMILES string of the molecule is N/C(=N/O)C1CCCCN1C(=O)Cc1ccc(F)c(F)c1. The second-order valence-electron chi connectivity index (χ2n) is 5.05. The molecule has 0 bridgehead atoms. The molecule has 1 aliphatic rings. The van der Waals surface area contributed by atoms with Crippen molar-refractivity contribution in [2.75, 3.05) is 6.54 Å². The Hall–Kier alpha value is -2.18. The van der Waals surface area contributed by atoms with Crippen molar-refractivity contribution in [3.63, 3.8) is 0 Å². The molecule has 1 aliphatic heterocycles. The quantitative estimate of drug-likeness (QED) is 0.385. The molecule has 1 amide bonds. The first-order valence-electron chi connectivity index (χ1n) is 6.73. The molecular formula is C14H17F2N3O2. The predicted octanol–water partition coefficient (Wildman–Crippen LogP) is 1.63. The number of amidine groups is 1. The van der Waals surface area contributed by atoms with E-state index in [1.807, 2.05) is 0 Å². The number of oxime groups is 1. The molecule has 1 fully saturated rings. The fraction of sp³-hybridized carbons (Fsp3) is 0.429. The first-order valence-corrected chi connectivity index (χ1v) is 6.73. The van der Waals surface area contributed by atoms with Crippen LogP contribution in [0.5, 0.6) is 0 Å². The Balaban J connectivity index is 2.12. The summed E-state index contributed by atoms with van der Waals surface area (Å²) in [6.07, 6.45) is 2.29. The van der Waals surface area contributed by atoms with Crippen LogP contribution in [0.15, 0.2) is 23.4 Å². The van der Waals surface area contributed by atoms with Crippen LogP contribution >= 0.6 is 0 Å². The molecule has 1 aromatic rings. The number of likely N-dealkylation sites (tertiary alicyclic amines) is 1. The van der Waals surface area contributed by atoms with Crippen LogP contribution in [-0.4, -0.2) is 34.4 Å². The Morgan fingerprint density at radius 1 is 1.38 bits per heavy atom. The summed E-state index contributed by atoms with van der Waals surface area (Å²) in [7, 11) is 0. The van der Waals surface area contributed by atoms with Crippen molar-refractivity contribution in [2.45, 2.75) is 31.7 Å². The Morgan fingerprint density at radius 2 is 2.14 bits per heavy atom. The van der Waals surface area contributed by atoms with Crippen molar-refractivity contribution in [1.82, 2.24) is 4.90 Å². The molecule has 0 spiro atoms. The molecule has 0 aliphatic carbocycles. The highest BCUT2D eigenvalue weighted by Gasteiger charge is 2.29. The van der Waals surface area contributed by atoms with Gasteiger partial charge in [0.05, 0.1) is 12.5 Å². The van der Waals surface area contributed by atoms with Gasteiger partial charge in [-0.3, -0.25) is 4.79 Å². The minimum atomic E-state index is -0.980. The van der Waals surface area contributed by atoms with Gasteiger partial charge in [0.15, 0.2) is 17.5 Å². The summed E-state index contributed by atoms with van der Waals surface area (Å²) in [4.78, 5) is 13.8. The molecule has 1 saturated heterocycles. The lowest BCUT2D eigenvalue weighted by atomic mass is 10.00. The fourth-order valence-electron chi connectivity index (χ4n) is 2.53. The third-order valence-corrected chi connectivity index (χ3v) is 3.62. The minimum absolute atomic E-state index is 0.00617. The minimum Gasteiger partial charge on any atom is -0.409 e. The summed E-state index contributed by atoms with van der Waals surface area (Å²) in [6.45, 7) is 0.503. The second kappa shape index (κ2) is 6.51. The van der Waals surface area contributed by atoms with Crippen LogP contribution in [0.4, 0.5) is 8.78 Å². The number of hydrogen-bond acceptors (Lipinski definition) is 3. The molecule has 0 radical (unpaired) electrons. The van der Waals surface area contributed by atoms with Crippen LogP contribution in [0.25, 0.3) is 0 Å². The number of nitrogens with zero attached hydrogens (tertiary/aromatic N) is 2. The first-order chi connectivity index (χ1) is 10.0. The van der Waals surface area contributed by atoms with Gasteiger partial charge in [-0.05, 0) is 37.0 Å². The van der Waals surface area contributed by atoms with E-state index in [9.17, 15) is 13.6 Å². The molecule has 7 heteroatoms. The van der Waals surface area contributed by atoms with Crippen LogP contribution in [0.3, 0.4) is 0 Å². The molecule has 0 aromatic heterocycles. The standard InChI is InChI=1S/C14H17F2N3O2/c15-10-5-4-9(7-11(10)16)8-13(20)19-6-2-1-3-12(19)14(17)18-21/h4-5,7,12,21H,1-3,6,8H2,(H2,17,18). The maximum absolute atomic E-state index is 13.2. The molecule has 21 heavy (non-hydrogen) atoms. The van der Waals surface area contributed by atoms with Crippen LogP contribution in [0.2, 0.25) is 0 Å². The summed E-state index contributed by atoms with van der Waals surface area (Å²) in [5.41, 5.74) is 6.00. The highest BCUT2D eigenvalue weighted by atomic mass is 19.2. The number of carbonyl (C=O) groups excluding carboxylic acids is 1. The van der Waals surface area contributed by atoms with Gasteiger partial charge in [-0.15, -0.1) is 0 Å². The summed E-state index contributed by atoms with van der Waals surface area (Å²) >= 11 is 0. The molecule has 2 rings (SSSR count). The van der Waals surface area contributed by atoms with Crippen LogP contribution < -0.4 is 5.73 Å². The number of rotatable bonds is 3. The first kappa shape index (κ1) is 15.2. The monoisotopic (exact) mass is 297 g/mol. The van der Waals surface area contributed by atoms with Gasteiger partial charge in [-0.25, -0.2) is 8.78 Å². The highest BCUT2D eigenvalue weighted by Crippen LogP contribution is 2.19. The van der Waals surface area contributed by atoms with Gasteiger partial charge in [0.1, 0.15) is 0 Å². The Bertz CT molecular complexity index is 563. The van der Waals surface area contributed by atoms with Gasteiger partial charge in [0.2, 0.25) is 5.91 Å². The number of carbonyl (C=O) groups is 1. The van der Waals surface area contributed by atoms with Gasteiger partial charge in [-0.2, -0.15) is 0 Å².